The molecule has 1 saturated heterocycles. The second-order valence-electron chi connectivity index (χ2n) is 6.67. The van der Waals surface area contributed by atoms with E-state index in [1.165, 1.54) is 25.5 Å². The molecule has 1 aliphatic rings. The lowest BCUT2D eigenvalue weighted by molar-refractivity contribution is 0.102. The van der Waals surface area contributed by atoms with Crippen LogP contribution in [-0.2, 0) is 0 Å². The van der Waals surface area contributed by atoms with Crippen LogP contribution in [0.3, 0.4) is 0 Å². The summed E-state index contributed by atoms with van der Waals surface area (Å²) in [4.78, 5) is 23.6. The van der Waals surface area contributed by atoms with Crippen LogP contribution in [0, 0.1) is 0 Å². The molecule has 4 rings (SSSR count). The highest BCUT2D eigenvalue weighted by atomic mass is 16.5. The van der Waals surface area contributed by atoms with Crippen molar-refractivity contribution >= 4 is 17.4 Å². The number of aromatic nitrogens is 2. The maximum Gasteiger partial charge on any atom is 0.275 e. The zero-order chi connectivity index (χ0) is 19.2. The van der Waals surface area contributed by atoms with E-state index in [0.717, 1.165) is 18.9 Å². The minimum absolute atomic E-state index is 0.273. The number of ether oxygens (including phenoxy) is 1. The third-order valence-corrected chi connectivity index (χ3v) is 4.66. The van der Waals surface area contributed by atoms with Crippen molar-refractivity contribution in [2.24, 2.45) is 0 Å². The molecule has 142 valence electrons. The number of carbonyl (C=O) groups excluding carboxylic acids is 1. The summed E-state index contributed by atoms with van der Waals surface area (Å²) >= 11 is 0. The van der Waals surface area contributed by atoms with Gasteiger partial charge in [-0.05, 0) is 43.5 Å². The fourth-order valence-corrected chi connectivity index (χ4v) is 3.19. The molecule has 28 heavy (non-hydrogen) atoms. The Bertz CT molecular complexity index is 923. The van der Waals surface area contributed by atoms with Gasteiger partial charge in [0.1, 0.15) is 17.3 Å². The fourth-order valence-electron chi connectivity index (χ4n) is 3.19. The molecule has 1 N–H and O–H groups in total. The molecule has 0 spiro atoms. The molecule has 2 heterocycles. The minimum Gasteiger partial charge on any atom is -0.455 e. The number of benzene rings is 2. The van der Waals surface area contributed by atoms with E-state index >= 15 is 0 Å². The Hall–Kier alpha value is -3.41. The number of nitrogens with zero attached hydrogens (tertiary/aromatic N) is 3. The Morgan fingerprint density at radius 1 is 0.893 bits per heavy atom. The largest absolute Gasteiger partial charge is 0.455 e. The predicted octanol–water partition coefficient (Wildman–Crippen LogP) is 4.51. The second kappa shape index (κ2) is 8.52. The quantitative estimate of drug-likeness (QED) is 0.712. The van der Waals surface area contributed by atoms with Crippen LogP contribution in [0.4, 0.5) is 11.5 Å². The predicted molar refractivity (Wildman–Crippen MR) is 109 cm³/mol. The Kier molecular flexibility index (Phi) is 5.47. The first-order valence-electron chi connectivity index (χ1n) is 9.50. The topological polar surface area (TPSA) is 67.3 Å². The van der Waals surface area contributed by atoms with E-state index in [4.69, 9.17) is 4.74 Å². The number of piperidine rings is 1. The van der Waals surface area contributed by atoms with Crippen molar-refractivity contribution in [1.82, 2.24) is 9.97 Å². The van der Waals surface area contributed by atoms with Crippen molar-refractivity contribution in [3.8, 4) is 11.5 Å². The summed E-state index contributed by atoms with van der Waals surface area (Å²) in [7, 11) is 0. The van der Waals surface area contributed by atoms with E-state index < -0.39 is 0 Å². The molecule has 1 fully saturated rings. The molecule has 1 aromatic heterocycles. The van der Waals surface area contributed by atoms with Crippen LogP contribution in [0.25, 0.3) is 0 Å². The van der Waals surface area contributed by atoms with Gasteiger partial charge in [-0.2, -0.15) is 0 Å². The van der Waals surface area contributed by atoms with Crippen molar-refractivity contribution in [1.29, 1.82) is 0 Å². The van der Waals surface area contributed by atoms with Crippen LogP contribution >= 0.6 is 0 Å². The number of amides is 1. The Morgan fingerprint density at radius 2 is 1.64 bits per heavy atom. The molecule has 0 saturated carbocycles. The number of rotatable bonds is 5. The lowest BCUT2D eigenvalue weighted by atomic mass is 10.1. The zero-order valence-corrected chi connectivity index (χ0v) is 15.5. The molecule has 6 nitrogen and oxygen atoms in total. The fraction of sp³-hybridized carbons (Fsp3) is 0.227. The summed E-state index contributed by atoms with van der Waals surface area (Å²) in [6.45, 7) is 1.98. The summed E-state index contributed by atoms with van der Waals surface area (Å²) in [5.74, 6) is 1.78. The first kappa shape index (κ1) is 18.0. The molecule has 0 unspecified atom stereocenters. The first-order valence-corrected chi connectivity index (χ1v) is 9.50. The first-order chi connectivity index (χ1) is 13.8. The number of anilines is 2. The van der Waals surface area contributed by atoms with Crippen LogP contribution in [0.1, 0.15) is 29.8 Å². The number of para-hydroxylation sites is 3. The summed E-state index contributed by atoms with van der Waals surface area (Å²) < 4.78 is 5.89. The highest BCUT2D eigenvalue weighted by Crippen LogP contribution is 2.29. The standard InChI is InChI=1S/C22H22N4O2/c27-22(19-15-24-21(16-23-19)26-13-7-2-8-14-26)25-18-11-5-6-12-20(18)28-17-9-3-1-4-10-17/h1,3-6,9-12,15-16H,2,7-8,13-14H2,(H,25,27). The highest BCUT2D eigenvalue weighted by molar-refractivity contribution is 6.03. The average Bonchev–Trinajstić information content (AvgIpc) is 2.76. The van der Waals surface area contributed by atoms with Crippen molar-refractivity contribution in [2.75, 3.05) is 23.3 Å². The van der Waals surface area contributed by atoms with E-state index in [0.29, 0.717) is 17.2 Å². The lowest BCUT2D eigenvalue weighted by Crippen LogP contribution is -2.30. The van der Waals surface area contributed by atoms with E-state index in [2.05, 4.69) is 20.2 Å². The van der Waals surface area contributed by atoms with Gasteiger partial charge in [0.15, 0.2) is 5.75 Å². The maximum atomic E-state index is 12.6. The molecule has 1 amide bonds. The molecule has 0 atom stereocenters. The summed E-state index contributed by atoms with van der Waals surface area (Å²) in [6, 6.07) is 16.8. The van der Waals surface area contributed by atoms with Crippen molar-refractivity contribution in [2.45, 2.75) is 19.3 Å². The highest BCUT2D eigenvalue weighted by Gasteiger charge is 2.15. The molecular formula is C22H22N4O2. The Labute approximate surface area is 164 Å². The third-order valence-electron chi connectivity index (χ3n) is 4.66. The van der Waals surface area contributed by atoms with Gasteiger partial charge in [0.2, 0.25) is 0 Å². The normalized spacial score (nSPS) is 13.8. The molecule has 2 aromatic carbocycles. The van der Waals surface area contributed by atoms with Gasteiger partial charge >= 0.3 is 0 Å². The lowest BCUT2D eigenvalue weighted by Gasteiger charge is -2.27. The van der Waals surface area contributed by atoms with Crippen molar-refractivity contribution < 1.29 is 9.53 Å². The van der Waals surface area contributed by atoms with Gasteiger partial charge in [0.25, 0.3) is 5.91 Å². The molecular weight excluding hydrogens is 352 g/mol. The molecule has 6 heteroatoms. The van der Waals surface area contributed by atoms with Gasteiger partial charge in [-0.1, -0.05) is 30.3 Å². The third kappa shape index (κ3) is 4.28. The monoisotopic (exact) mass is 374 g/mol. The molecule has 0 bridgehead atoms. The van der Waals surface area contributed by atoms with Gasteiger partial charge < -0.3 is 15.0 Å². The molecule has 3 aromatic rings. The van der Waals surface area contributed by atoms with Gasteiger partial charge in [-0.15, -0.1) is 0 Å². The average molecular weight is 374 g/mol. The summed E-state index contributed by atoms with van der Waals surface area (Å²) in [5.41, 5.74) is 0.855. The van der Waals surface area contributed by atoms with E-state index in [1.807, 2.05) is 48.5 Å². The van der Waals surface area contributed by atoms with E-state index in [1.54, 1.807) is 12.3 Å². The molecule has 0 radical (unpaired) electrons. The summed E-state index contributed by atoms with van der Waals surface area (Å²) in [6.07, 6.45) is 6.80. The zero-order valence-electron chi connectivity index (χ0n) is 15.5. The number of hydrogen-bond acceptors (Lipinski definition) is 5. The van der Waals surface area contributed by atoms with Crippen LogP contribution < -0.4 is 15.0 Å². The van der Waals surface area contributed by atoms with Crippen LogP contribution in [-0.4, -0.2) is 29.0 Å². The van der Waals surface area contributed by atoms with Crippen LogP contribution in [0.15, 0.2) is 67.0 Å². The van der Waals surface area contributed by atoms with Gasteiger partial charge in [-0.3, -0.25) is 4.79 Å². The SMILES string of the molecule is O=C(Nc1ccccc1Oc1ccccc1)c1cnc(N2CCCCC2)cn1. The summed E-state index contributed by atoms with van der Waals surface area (Å²) in [5, 5.41) is 2.87. The smallest absolute Gasteiger partial charge is 0.275 e. The van der Waals surface area contributed by atoms with Crippen molar-refractivity contribution in [3.63, 3.8) is 0 Å². The number of hydrogen-bond donors (Lipinski definition) is 1. The minimum atomic E-state index is -0.318. The van der Waals surface area contributed by atoms with E-state index in [9.17, 15) is 4.79 Å². The Morgan fingerprint density at radius 3 is 2.39 bits per heavy atom. The Balaban J connectivity index is 1.46. The molecule has 1 aliphatic heterocycles. The second-order valence-corrected chi connectivity index (χ2v) is 6.67. The van der Waals surface area contributed by atoms with E-state index in [-0.39, 0.29) is 11.6 Å². The van der Waals surface area contributed by atoms with Gasteiger partial charge in [-0.25, -0.2) is 9.97 Å². The van der Waals surface area contributed by atoms with Crippen molar-refractivity contribution in [3.05, 3.63) is 72.7 Å². The van der Waals surface area contributed by atoms with Crippen LogP contribution in [0.2, 0.25) is 0 Å². The number of carbonyl (C=O) groups is 1. The van der Waals surface area contributed by atoms with Gasteiger partial charge in [0, 0.05) is 13.1 Å². The molecule has 0 aliphatic carbocycles. The van der Waals surface area contributed by atoms with Gasteiger partial charge in [0.05, 0.1) is 18.1 Å². The number of nitrogens with one attached hydrogen (secondary N) is 1. The maximum absolute atomic E-state index is 12.6. The van der Waals surface area contributed by atoms with Crippen LogP contribution in [0.5, 0.6) is 11.5 Å².